The fourth-order valence-corrected chi connectivity index (χ4v) is 1.64. The predicted octanol–water partition coefficient (Wildman–Crippen LogP) is 1.77. The Morgan fingerprint density at radius 2 is 1.56 bits per heavy atom. The second kappa shape index (κ2) is 5.14. The molecule has 0 aromatic heterocycles. The highest BCUT2D eigenvalue weighted by Crippen LogP contribution is 2.20. The molecule has 0 aliphatic heterocycles. The highest BCUT2D eigenvalue weighted by molar-refractivity contribution is 6.02. The summed E-state index contributed by atoms with van der Waals surface area (Å²) in [6, 6.07) is 17.0. The first-order valence-corrected chi connectivity index (χ1v) is 5.46. The van der Waals surface area contributed by atoms with Gasteiger partial charge in [-0.15, -0.1) is 0 Å². The zero-order chi connectivity index (χ0) is 13.0. The van der Waals surface area contributed by atoms with Crippen molar-refractivity contribution in [3.63, 3.8) is 0 Å². The first-order valence-electron chi connectivity index (χ1n) is 5.46. The Balaban J connectivity index is 2.37. The van der Waals surface area contributed by atoms with E-state index < -0.39 is 5.91 Å². The van der Waals surface area contributed by atoms with Gasteiger partial charge in [0.2, 0.25) is 0 Å². The first kappa shape index (κ1) is 11.9. The summed E-state index contributed by atoms with van der Waals surface area (Å²) >= 11 is 0. The molecule has 1 amide bonds. The minimum absolute atomic E-state index is 0.231. The first-order chi connectivity index (χ1) is 8.66. The summed E-state index contributed by atoms with van der Waals surface area (Å²) in [5.74, 6) is -0.669. The van der Waals surface area contributed by atoms with Crippen LogP contribution >= 0.6 is 0 Å². The van der Waals surface area contributed by atoms with E-state index >= 15 is 0 Å². The Morgan fingerprint density at radius 3 is 2.22 bits per heavy atom. The lowest BCUT2D eigenvalue weighted by molar-refractivity contribution is 0.100. The summed E-state index contributed by atoms with van der Waals surface area (Å²) in [5.41, 5.74) is 12.8. The molecule has 2 rings (SSSR count). The maximum atomic E-state index is 11.7. The normalized spacial score (nSPS) is 9.78. The number of nitrogens with two attached hydrogens (primary N) is 2. The van der Waals surface area contributed by atoms with E-state index in [1.165, 1.54) is 0 Å². The number of benzene rings is 2. The van der Waals surface area contributed by atoms with E-state index in [0.29, 0.717) is 5.56 Å². The molecule has 90 valence electrons. The maximum absolute atomic E-state index is 11.7. The van der Waals surface area contributed by atoms with Gasteiger partial charge in [0.05, 0.1) is 0 Å². The summed E-state index contributed by atoms with van der Waals surface area (Å²) in [6.07, 6.45) is 0. The van der Waals surface area contributed by atoms with Gasteiger partial charge in [0.25, 0.3) is 5.91 Å². The summed E-state index contributed by atoms with van der Waals surface area (Å²) in [7, 11) is 0. The van der Waals surface area contributed by atoms with Gasteiger partial charge in [0.15, 0.2) is 5.96 Å². The Kier molecular flexibility index (Phi) is 3.38. The highest BCUT2D eigenvalue weighted by Gasteiger charge is 2.06. The summed E-state index contributed by atoms with van der Waals surface area (Å²) in [5, 5.41) is 0. The zero-order valence-electron chi connectivity index (χ0n) is 9.71. The van der Waals surface area contributed by atoms with Crippen LogP contribution in [0.5, 0.6) is 0 Å². The van der Waals surface area contributed by atoms with E-state index in [2.05, 4.69) is 4.99 Å². The minimum Gasteiger partial charge on any atom is -0.370 e. The molecule has 0 heterocycles. The number of amides is 1. The van der Waals surface area contributed by atoms with Gasteiger partial charge in [-0.05, 0) is 23.3 Å². The van der Waals surface area contributed by atoms with Crippen molar-refractivity contribution in [1.29, 1.82) is 0 Å². The number of hydrogen-bond acceptors (Lipinski definition) is 1. The van der Waals surface area contributed by atoms with Crippen molar-refractivity contribution in [2.45, 2.75) is 0 Å². The fraction of sp³-hybridized carbons (Fsp3) is 0. The van der Waals surface area contributed by atoms with Crippen molar-refractivity contribution in [2.75, 3.05) is 0 Å². The standard InChI is InChI=1S/C14H13N3O/c15-14(16)17-13(18)12-8-4-7-11(9-12)10-5-2-1-3-6-10/h1-9H,(H4,15,16,17,18). The van der Waals surface area contributed by atoms with Crippen LogP contribution < -0.4 is 11.5 Å². The van der Waals surface area contributed by atoms with Crippen molar-refractivity contribution in [1.82, 2.24) is 0 Å². The number of rotatable bonds is 2. The second-order valence-corrected chi connectivity index (χ2v) is 3.79. The lowest BCUT2D eigenvalue weighted by Crippen LogP contribution is -2.24. The monoisotopic (exact) mass is 239 g/mol. The molecule has 18 heavy (non-hydrogen) atoms. The summed E-state index contributed by atoms with van der Waals surface area (Å²) in [4.78, 5) is 15.2. The number of nitrogens with zero attached hydrogens (tertiary/aromatic N) is 1. The molecule has 0 bridgehead atoms. The molecule has 0 spiro atoms. The Morgan fingerprint density at radius 1 is 0.889 bits per heavy atom. The van der Waals surface area contributed by atoms with Crippen LogP contribution in [0.3, 0.4) is 0 Å². The minimum atomic E-state index is -0.437. The Labute approximate surface area is 105 Å². The number of aliphatic imine (C=N–C) groups is 1. The van der Waals surface area contributed by atoms with Crippen molar-refractivity contribution in [3.05, 3.63) is 60.2 Å². The van der Waals surface area contributed by atoms with Crippen molar-refractivity contribution in [2.24, 2.45) is 16.5 Å². The molecule has 0 aliphatic carbocycles. The molecule has 0 aliphatic rings. The van der Waals surface area contributed by atoms with Crippen LogP contribution in [0.25, 0.3) is 11.1 Å². The van der Waals surface area contributed by atoms with Crippen LogP contribution in [0.4, 0.5) is 0 Å². The third-order valence-electron chi connectivity index (χ3n) is 2.45. The highest BCUT2D eigenvalue weighted by atomic mass is 16.1. The van der Waals surface area contributed by atoms with Gasteiger partial charge in [-0.3, -0.25) is 4.79 Å². The smallest absolute Gasteiger partial charge is 0.280 e. The van der Waals surface area contributed by atoms with Crippen molar-refractivity contribution in [3.8, 4) is 11.1 Å². The molecular weight excluding hydrogens is 226 g/mol. The molecular formula is C14H13N3O. The molecule has 0 unspecified atom stereocenters. The van der Waals surface area contributed by atoms with Crippen molar-refractivity contribution >= 4 is 11.9 Å². The van der Waals surface area contributed by atoms with Crippen LogP contribution in [-0.4, -0.2) is 11.9 Å². The molecule has 0 atom stereocenters. The van der Waals surface area contributed by atoms with Gasteiger partial charge < -0.3 is 11.5 Å². The van der Waals surface area contributed by atoms with E-state index in [1.807, 2.05) is 36.4 Å². The topological polar surface area (TPSA) is 81.5 Å². The van der Waals surface area contributed by atoms with Crippen LogP contribution in [0.2, 0.25) is 0 Å². The zero-order valence-corrected chi connectivity index (χ0v) is 9.71. The van der Waals surface area contributed by atoms with E-state index in [0.717, 1.165) is 11.1 Å². The number of hydrogen-bond donors (Lipinski definition) is 2. The molecule has 0 saturated carbocycles. The van der Waals surface area contributed by atoms with Gasteiger partial charge in [-0.25, -0.2) is 0 Å². The molecule has 4 N–H and O–H groups in total. The molecule has 4 heteroatoms. The average Bonchev–Trinajstić information content (AvgIpc) is 2.39. The van der Waals surface area contributed by atoms with E-state index in [-0.39, 0.29) is 5.96 Å². The average molecular weight is 239 g/mol. The van der Waals surface area contributed by atoms with Crippen LogP contribution in [-0.2, 0) is 0 Å². The quantitative estimate of drug-likeness (QED) is 0.619. The maximum Gasteiger partial charge on any atom is 0.280 e. The third kappa shape index (κ3) is 2.74. The van der Waals surface area contributed by atoms with Gasteiger partial charge in [0, 0.05) is 5.56 Å². The molecule has 0 radical (unpaired) electrons. The number of carbonyl (C=O) groups is 1. The largest absolute Gasteiger partial charge is 0.370 e. The van der Waals surface area contributed by atoms with E-state index in [9.17, 15) is 4.79 Å². The van der Waals surface area contributed by atoms with Crippen LogP contribution in [0.15, 0.2) is 59.6 Å². The Hall–Kier alpha value is -2.62. The van der Waals surface area contributed by atoms with E-state index in [1.54, 1.807) is 18.2 Å². The molecule has 2 aromatic rings. The van der Waals surface area contributed by atoms with Gasteiger partial charge in [-0.1, -0.05) is 42.5 Å². The lowest BCUT2D eigenvalue weighted by atomic mass is 10.0. The van der Waals surface area contributed by atoms with Gasteiger partial charge >= 0.3 is 0 Å². The van der Waals surface area contributed by atoms with Crippen LogP contribution in [0.1, 0.15) is 10.4 Å². The molecule has 4 nitrogen and oxygen atoms in total. The fourth-order valence-electron chi connectivity index (χ4n) is 1.64. The Bertz CT molecular complexity index is 587. The third-order valence-corrected chi connectivity index (χ3v) is 2.45. The lowest BCUT2D eigenvalue weighted by Gasteiger charge is -2.03. The van der Waals surface area contributed by atoms with Crippen molar-refractivity contribution < 1.29 is 4.79 Å². The van der Waals surface area contributed by atoms with Gasteiger partial charge in [-0.2, -0.15) is 4.99 Å². The SMILES string of the molecule is NC(N)=NC(=O)c1cccc(-c2ccccc2)c1. The second-order valence-electron chi connectivity index (χ2n) is 3.79. The molecule has 0 fully saturated rings. The molecule has 0 saturated heterocycles. The predicted molar refractivity (Wildman–Crippen MR) is 72.0 cm³/mol. The van der Waals surface area contributed by atoms with Gasteiger partial charge in [0.1, 0.15) is 0 Å². The summed E-state index contributed by atoms with van der Waals surface area (Å²) in [6.45, 7) is 0. The molecule has 2 aromatic carbocycles. The summed E-state index contributed by atoms with van der Waals surface area (Å²) < 4.78 is 0. The van der Waals surface area contributed by atoms with E-state index in [4.69, 9.17) is 11.5 Å². The van der Waals surface area contributed by atoms with Crippen LogP contribution in [0, 0.1) is 0 Å². The number of guanidine groups is 1. The number of carbonyl (C=O) groups excluding carboxylic acids is 1.